The van der Waals surface area contributed by atoms with Crippen LogP contribution in [-0.4, -0.2) is 42.4 Å². The molecule has 0 saturated heterocycles. The fourth-order valence-electron chi connectivity index (χ4n) is 3.63. The van der Waals surface area contributed by atoms with E-state index in [2.05, 4.69) is 5.32 Å². The first-order valence-corrected chi connectivity index (χ1v) is 9.60. The predicted molar refractivity (Wildman–Crippen MR) is 105 cm³/mol. The van der Waals surface area contributed by atoms with Crippen LogP contribution in [0.1, 0.15) is 46.2 Å². The molecule has 1 atom stereocenters. The SMILES string of the molecule is CC(C)[C@@H](NC(=O)CN1C(=O)c2ccccc2C1=O)c1ccc2c(c1)OCCO2. The first kappa shape index (κ1) is 19.0. The van der Waals surface area contributed by atoms with E-state index in [4.69, 9.17) is 9.47 Å². The van der Waals surface area contributed by atoms with Gasteiger partial charge in [0.1, 0.15) is 19.8 Å². The molecule has 0 saturated carbocycles. The summed E-state index contributed by atoms with van der Waals surface area (Å²) in [6, 6.07) is 11.9. The van der Waals surface area contributed by atoms with Gasteiger partial charge in [0.15, 0.2) is 11.5 Å². The molecular weight excluding hydrogens is 372 g/mol. The lowest BCUT2D eigenvalue weighted by Gasteiger charge is -2.26. The number of imide groups is 1. The highest BCUT2D eigenvalue weighted by Crippen LogP contribution is 2.34. The van der Waals surface area contributed by atoms with Crippen LogP contribution in [0.5, 0.6) is 11.5 Å². The van der Waals surface area contributed by atoms with Gasteiger partial charge in [0.25, 0.3) is 11.8 Å². The molecule has 2 aromatic rings. The van der Waals surface area contributed by atoms with Gasteiger partial charge in [-0.3, -0.25) is 19.3 Å². The van der Waals surface area contributed by atoms with Crippen molar-refractivity contribution in [2.75, 3.05) is 19.8 Å². The predicted octanol–water partition coefficient (Wildman–Crippen LogP) is 2.57. The second kappa shape index (κ2) is 7.58. The molecule has 29 heavy (non-hydrogen) atoms. The number of benzene rings is 2. The normalized spacial score (nSPS) is 16.0. The average Bonchev–Trinajstić information content (AvgIpc) is 2.96. The summed E-state index contributed by atoms with van der Waals surface area (Å²) < 4.78 is 11.2. The van der Waals surface area contributed by atoms with Gasteiger partial charge in [-0.2, -0.15) is 0 Å². The monoisotopic (exact) mass is 394 g/mol. The van der Waals surface area contributed by atoms with E-state index < -0.39 is 17.7 Å². The smallest absolute Gasteiger partial charge is 0.262 e. The Kier molecular flexibility index (Phi) is 4.96. The van der Waals surface area contributed by atoms with Gasteiger partial charge in [0.2, 0.25) is 5.91 Å². The van der Waals surface area contributed by atoms with E-state index in [9.17, 15) is 14.4 Å². The van der Waals surface area contributed by atoms with E-state index in [1.807, 2.05) is 32.0 Å². The Balaban J connectivity index is 1.49. The fraction of sp³-hybridized carbons (Fsp3) is 0.318. The van der Waals surface area contributed by atoms with E-state index in [-0.39, 0.29) is 18.5 Å². The number of carbonyl (C=O) groups excluding carboxylic acids is 3. The molecule has 0 bridgehead atoms. The summed E-state index contributed by atoms with van der Waals surface area (Å²) in [5, 5.41) is 2.95. The Morgan fingerprint density at radius 3 is 2.24 bits per heavy atom. The summed E-state index contributed by atoms with van der Waals surface area (Å²) in [7, 11) is 0. The maximum Gasteiger partial charge on any atom is 0.262 e. The number of ether oxygens (including phenoxy) is 2. The minimum Gasteiger partial charge on any atom is -0.486 e. The van der Waals surface area contributed by atoms with Crippen LogP contribution in [0.2, 0.25) is 0 Å². The third-order valence-electron chi connectivity index (χ3n) is 5.09. The topological polar surface area (TPSA) is 84.9 Å². The van der Waals surface area contributed by atoms with Crippen LogP contribution in [0.25, 0.3) is 0 Å². The van der Waals surface area contributed by atoms with Crippen molar-refractivity contribution in [2.24, 2.45) is 5.92 Å². The van der Waals surface area contributed by atoms with Gasteiger partial charge in [-0.25, -0.2) is 0 Å². The number of rotatable bonds is 5. The minimum atomic E-state index is -0.443. The molecule has 7 nitrogen and oxygen atoms in total. The van der Waals surface area contributed by atoms with E-state index >= 15 is 0 Å². The molecule has 0 aromatic heterocycles. The van der Waals surface area contributed by atoms with Crippen LogP contribution < -0.4 is 14.8 Å². The lowest BCUT2D eigenvalue weighted by atomic mass is 9.95. The lowest BCUT2D eigenvalue weighted by Crippen LogP contribution is -2.42. The molecule has 0 aliphatic carbocycles. The van der Waals surface area contributed by atoms with Gasteiger partial charge in [-0.15, -0.1) is 0 Å². The van der Waals surface area contributed by atoms with E-state index in [1.54, 1.807) is 24.3 Å². The summed E-state index contributed by atoms with van der Waals surface area (Å²) in [4.78, 5) is 38.7. The van der Waals surface area contributed by atoms with Gasteiger partial charge < -0.3 is 14.8 Å². The summed E-state index contributed by atoms with van der Waals surface area (Å²) in [6.45, 7) is 4.65. The van der Waals surface area contributed by atoms with Crippen LogP contribution in [-0.2, 0) is 4.79 Å². The maximum atomic E-state index is 12.7. The first-order valence-electron chi connectivity index (χ1n) is 9.60. The molecule has 3 amide bonds. The Bertz CT molecular complexity index is 950. The summed E-state index contributed by atoms with van der Waals surface area (Å²) in [5.41, 5.74) is 1.54. The van der Waals surface area contributed by atoms with Crippen molar-refractivity contribution < 1.29 is 23.9 Å². The summed E-state index contributed by atoms with van der Waals surface area (Å²) in [6.07, 6.45) is 0. The van der Waals surface area contributed by atoms with Gasteiger partial charge in [0, 0.05) is 0 Å². The maximum absolute atomic E-state index is 12.7. The van der Waals surface area contributed by atoms with E-state index in [0.717, 1.165) is 10.5 Å². The molecule has 2 heterocycles. The number of hydrogen-bond acceptors (Lipinski definition) is 5. The van der Waals surface area contributed by atoms with Crippen LogP contribution in [0.15, 0.2) is 42.5 Å². The number of fused-ring (bicyclic) bond motifs is 2. The number of nitrogens with one attached hydrogen (secondary N) is 1. The average molecular weight is 394 g/mol. The molecule has 7 heteroatoms. The second-order valence-electron chi connectivity index (χ2n) is 7.43. The number of carbonyl (C=O) groups is 3. The highest BCUT2D eigenvalue weighted by Gasteiger charge is 2.36. The minimum absolute atomic E-state index is 0.0867. The van der Waals surface area contributed by atoms with Crippen LogP contribution in [0.4, 0.5) is 0 Å². The van der Waals surface area contributed by atoms with Gasteiger partial charge >= 0.3 is 0 Å². The highest BCUT2D eigenvalue weighted by molar-refractivity contribution is 6.22. The molecule has 4 rings (SSSR count). The Morgan fingerprint density at radius 2 is 1.62 bits per heavy atom. The van der Waals surface area contributed by atoms with Crippen LogP contribution in [0.3, 0.4) is 0 Å². The quantitative estimate of drug-likeness (QED) is 0.788. The fourth-order valence-corrected chi connectivity index (χ4v) is 3.63. The Morgan fingerprint density at radius 1 is 1.00 bits per heavy atom. The molecule has 0 spiro atoms. The van der Waals surface area contributed by atoms with Crippen molar-refractivity contribution in [3.05, 3.63) is 59.2 Å². The zero-order valence-electron chi connectivity index (χ0n) is 16.3. The standard InChI is InChI=1S/C22H22N2O5/c1-13(2)20(14-7-8-17-18(11-14)29-10-9-28-17)23-19(25)12-24-21(26)15-5-3-4-6-16(15)22(24)27/h3-8,11,13,20H,9-10,12H2,1-2H3,(H,23,25)/t20-/m1/s1. The lowest BCUT2D eigenvalue weighted by molar-refractivity contribution is -0.122. The highest BCUT2D eigenvalue weighted by atomic mass is 16.6. The van der Waals surface area contributed by atoms with Crippen molar-refractivity contribution in [2.45, 2.75) is 19.9 Å². The van der Waals surface area contributed by atoms with Gasteiger partial charge in [0.05, 0.1) is 17.2 Å². The first-order chi connectivity index (χ1) is 14.0. The number of hydrogen-bond donors (Lipinski definition) is 1. The van der Waals surface area contributed by atoms with E-state index in [0.29, 0.717) is 35.8 Å². The Hall–Kier alpha value is -3.35. The molecule has 0 radical (unpaired) electrons. The molecule has 2 aliphatic heterocycles. The van der Waals surface area contributed by atoms with Gasteiger partial charge in [-0.05, 0) is 35.7 Å². The largest absolute Gasteiger partial charge is 0.486 e. The van der Waals surface area contributed by atoms with Crippen molar-refractivity contribution in [1.82, 2.24) is 10.2 Å². The third kappa shape index (κ3) is 3.55. The molecule has 0 fully saturated rings. The van der Waals surface area contributed by atoms with Crippen LogP contribution >= 0.6 is 0 Å². The molecule has 1 N–H and O–H groups in total. The zero-order valence-corrected chi connectivity index (χ0v) is 16.3. The molecular formula is C22H22N2O5. The van der Waals surface area contributed by atoms with Gasteiger partial charge in [-0.1, -0.05) is 32.0 Å². The third-order valence-corrected chi connectivity index (χ3v) is 5.09. The molecule has 2 aliphatic rings. The molecule has 150 valence electrons. The van der Waals surface area contributed by atoms with Crippen molar-refractivity contribution in [1.29, 1.82) is 0 Å². The second-order valence-corrected chi connectivity index (χ2v) is 7.43. The molecule has 0 unspecified atom stereocenters. The number of nitrogens with zero attached hydrogens (tertiary/aromatic N) is 1. The van der Waals surface area contributed by atoms with Crippen molar-refractivity contribution in [3.63, 3.8) is 0 Å². The summed E-state index contributed by atoms with van der Waals surface area (Å²) in [5.74, 6) is 0.132. The van der Waals surface area contributed by atoms with E-state index in [1.165, 1.54) is 0 Å². The van der Waals surface area contributed by atoms with Crippen molar-refractivity contribution in [3.8, 4) is 11.5 Å². The summed E-state index contributed by atoms with van der Waals surface area (Å²) >= 11 is 0. The Labute approximate surface area is 168 Å². The van der Waals surface area contributed by atoms with Crippen molar-refractivity contribution >= 4 is 17.7 Å². The number of amides is 3. The van der Waals surface area contributed by atoms with Crippen LogP contribution in [0, 0.1) is 5.92 Å². The molecule has 2 aromatic carbocycles. The zero-order chi connectivity index (χ0) is 20.5.